The molecular weight excluding hydrogens is 328 g/mol. The molecule has 1 heterocycles. The molecule has 0 aliphatic carbocycles. The molecule has 0 saturated carbocycles. The number of allylic oxidation sites excluding steroid dienone is 1. The van der Waals surface area contributed by atoms with Gasteiger partial charge in [-0.2, -0.15) is 0 Å². The molecule has 0 aromatic heterocycles. The largest absolute Gasteiger partial charge is 0.497 e. The number of hydrogen-bond acceptors (Lipinski definition) is 4. The van der Waals surface area contributed by atoms with Gasteiger partial charge in [-0.1, -0.05) is 6.07 Å². The normalized spacial score (nSPS) is 15.9. The van der Waals surface area contributed by atoms with E-state index in [1.807, 2.05) is 18.2 Å². The topological polar surface area (TPSA) is 67.4 Å². The summed E-state index contributed by atoms with van der Waals surface area (Å²) in [5, 5.41) is 6.10. The van der Waals surface area contributed by atoms with E-state index < -0.39 is 0 Å². The summed E-state index contributed by atoms with van der Waals surface area (Å²) >= 11 is 0. The summed E-state index contributed by atoms with van der Waals surface area (Å²) in [6, 6.07) is 12.7. The lowest BCUT2D eigenvalue weighted by Gasteiger charge is -2.20. The highest BCUT2D eigenvalue weighted by Gasteiger charge is 2.33. The molecule has 3 rings (SSSR count). The minimum atomic E-state index is -0.261. The quantitative estimate of drug-likeness (QED) is 0.651. The maximum Gasteiger partial charge on any atom is 0.221 e. The summed E-state index contributed by atoms with van der Waals surface area (Å²) in [4.78, 5) is 23.8. The van der Waals surface area contributed by atoms with Crippen molar-refractivity contribution in [2.45, 2.75) is 26.3 Å². The van der Waals surface area contributed by atoms with Gasteiger partial charge in [0.2, 0.25) is 5.91 Å². The minimum absolute atomic E-state index is 0.103. The van der Waals surface area contributed by atoms with Crippen molar-refractivity contribution in [3.05, 3.63) is 65.2 Å². The molecule has 0 atom stereocenters. The van der Waals surface area contributed by atoms with Crippen LogP contribution >= 0.6 is 0 Å². The lowest BCUT2D eigenvalue weighted by atomic mass is 9.94. The van der Waals surface area contributed by atoms with Gasteiger partial charge in [0.15, 0.2) is 5.78 Å². The van der Waals surface area contributed by atoms with E-state index in [1.54, 1.807) is 37.5 Å². The molecule has 0 bridgehead atoms. The van der Waals surface area contributed by atoms with Crippen LogP contribution in [-0.2, 0) is 10.3 Å². The van der Waals surface area contributed by atoms with Gasteiger partial charge in [0.1, 0.15) is 5.75 Å². The van der Waals surface area contributed by atoms with Gasteiger partial charge in [-0.25, -0.2) is 0 Å². The molecule has 134 valence electrons. The Hall–Kier alpha value is -3.08. The molecule has 1 aliphatic heterocycles. The average molecular weight is 350 g/mol. The zero-order valence-corrected chi connectivity index (χ0v) is 15.3. The number of benzene rings is 2. The highest BCUT2D eigenvalue weighted by Crippen LogP contribution is 2.38. The fourth-order valence-corrected chi connectivity index (χ4v) is 3.14. The van der Waals surface area contributed by atoms with Gasteiger partial charge in [-0.3, -0.25) is 9.59 Å². The number of nitrogens with one attached hydrogen (secondary N) is 2. The number of carbonyl (C=O) groups excluding carboxylic acids is 2. The molecule has 2 N–H and O–H groups in total. The summed E-state index contributed by atoms with van der Waals surface area (Å²) in [5.74, 6) is 0.503. The van der Waals surface area contributed by atoms with Crippen LogP contribution in [0, 0.1) is 0 Å². The van der Waals surface area contributed by atoms with Crippen molar-refractivity contribution in [2.24, 2.45) is 0 Å². The maximum atomic E-state index is 12.7. The fourth-order valence-electron chi connectivity index (χ4n) is 3.14. The van der Waals surface area contributed by atoms with Gasteiger partial charge >= 0.3 is 0 Å². The molecule has 0 fully saturated rings. The number of methoxy groups -OCH3 is 1. The third kappa shape index (κ3) is 3.47. The van der Waals surface area contributed by atoms with Gasteiger partial charge in [-0.15, -0.1) is 0 Å². The molecule has 0 unspecified atom stereocenters. The number of rotatable bonds is 4. The van der Waals surface area contributed by atoms with Gasteiger partial charge in [0, 0.05) is 35.5 Å². The second kappa shape index (κ2) is 6.67. The molecule has 5 heteroatoms. The smallest absolute Gasteiger partial charge is 0.221 e. The van der Waals surface area contributed by atoms with E-state index in [-0.39, 0.29) is 17.2 Å². The van der Waals surface area contributed by atoms with E-state index in [9.17, 15) is 9.59 Å². The molecule has 5 nitrogen and oxygen atoms in total. The zero-order valence-electron chi connectivity index (χ0n) is 15.3. The van der Waals surface area contributed by atoms with Crippen LogP contribution < -0.4 is 15.4 Å². The summed E-state index contributed by atoms with van der Waals surface area (Å²) in [6.45, 7) is 5.60. The highest BCUT2D eigenvalue weighted by atomic mass is 16.5. The maximum absolute atomic E-state index is 12.7. The first-order chi connectivity index (χ1) is 12.3. The highest BCUT2D eigenvalue weighted by molar-refractivity contribution is 6.09. The molecule has 1 amide bonds. The Labute approximate surface area is 153 Å². The summed E-state index contributed by atoms with van der Waals surface area (Å²) in [7, 11) is 1.63. The van der Waals surface area contributed by atoms with Crippen molar-refractivity contribution >= 4 is 23.1 Å². The Morgan fingerprint density at radius 1 is 1.12 bits per heavy atom. The van der Waals surface area contributed by atoms with Crippen LogP contribution in [0.4, 0.5) is 5.69 Å². The molecular formula is C21H22N2O3. The third-order valence-electron chi connectivity index (χ3n) is 4.40. The fraction of sp³-hybridized carbons (Fsp3) is 0.238. The van der Waals surface area contributed by atoms with E-state index in [2.05, 4.69) is 24.5 Å². The third-order valence-corrected chi connectivity index (χ3v) is 4.40. The van der Waals surface area contributed by atoms with Crippen molar-refractivity contribution in [1.29, 1.82) is 0 Å². The predicted molar refractivity (Wildman–Crippen MR) is 102 cm³/mol. The molecule has 1 aliphatic rings. The number of ketones is 1. The Kier molecular flexibility index (Phi) is 4.55. The van der Waals surface area contributed by atoms with Crippen molar-refractivity contribution in [2.75, 3.05) is 12.4 Å². The number of fused-ring (bicyclic) bond motifs is 1. The van der Waals surface area contributed by atoms with Crippen LogP contribution in [0.3, 0.4) is 0 Å². The summed E-state index contributed by atoms with van der Waals surface area (Å²) in [6.07, 6.45) is 1.61. The molecule has 26 heavy (non-hydrogen) atoms. The second-order valence-corrected chi connectivity index (χ2v) is 6.84. The monoisotopic (exact) mass is 350 g/mol. The van der Waals surface area contributed by atoms with Crippen LogP contribution in [0.2, 0.25) is 0 Å². The number of hydrogen-bond donors (Lipinski definition) is 2. The van der Waals surface area contributed by atoms with Gasteiger partial charge < -0.3 is 15.4 Å². The number of anilines is 1. The van der Waals surface area contributed by atoms with Crippen LogP contribution in [-0.4, -0.2) is 18.8 Å². The van der Waals surface area contributed by atoms with Crippen molar-refractivity contribution in [1.82, 2.24) is 5.32 Å². The van der Waals surface area contributed by atoms with Crippen LogP contribution in [0.1, 0.15) is 42.3 Å². The second-order valence-electron chi connectivity index (χ2n) is 6.84. The Morgan fingerprint density at radius 3 is 2.42 bits per heavy atom. The number of amides is 1. The number of carbonyl (C=O) groups is 2. The summed E-state index contributed by atoms with van der Waals surface area (Å²) < 4.78 is 5.32. The van der Waals surface area contributed by atoms with E-state index in [0.29, 0.717) is 11.3 Å². The van der Waals surface area contributed by atoms with Crippen molar-refractivity contribution in [3.8, 4) is 5.75 Å². The zero-order chi connectivity index (χ0) is 18.9. The molecule has 0 spiro atoms. The SMILES string of the molecule is COc1ccc2c(c1)/C(=C/C(=O)c1ccc(NC(C)=O)cc1)NC2(C)C. The van der Waals surface area contributed by atoms with Gasteiger partial charge in [-0.05, 0) is 55.8 Å². The first-order valence-corrected chi connectivity index (χ1v) is 8.41. The Bertz CT molecular complexity index is 896. The van der Waals surface area contributed by atoms with Crippen LogP contribution in [0.25, 0.3) is 5.70 Å². The predicted octanol–water partition coefficient (Wildman–Crippen LogP) is 3.72. The number of ether oxygens (including phenoxy) is 1. The molecule has 0 radical (unpaired) electrons. The first kappa shape index (κ1) is 17.7. The lowest BCUT2D eigenvalue weighted by molar-refractivity contribution is -0.114. The lowest BCUT2D eigenvalue weighted by Crippen LogP contribution is -2.28. The van der Waals surface area contributed by atoms with Crippen molar-refractivity contribution < 1.29 is 14.3 Å². The van der Waals surface area contributed by atoms with Crippen LogP contribution in [0.5, 0.6) is 5.75 Å². The van der Waals surface area contributed by atoms with Crippen LogP contribution in [0.15, 0.2) is 48.5 Å². The van der Waals surface area contributed by atoms with E-state index in [0.717, 1.165) is 22.6 Å². The van der Waals surface area contributed by atoms with Gasteiger partial charge in [0.25, 0.3) is 0 Å². The standard InChI is InChI=1S/C21H22N2O3/c1-13(24)22-15-7-5-14(6-8-15)20(25)12-19-17-11-16(26-4)9-10-18(17)21(2,3)23-19/h5-12,23H,1-4H3,(H,22,24)/b19-12-. The molecule has 0 saturated heterocycles. The summed E-state index contributed by atoms with van der Waals surface area (Å²) in [5.41, 5.74) is 3.83. The first-order valence-electron chi connectivity index (χ1n) is 8.41. The minimum Gasteiger partial charge on any atom is -0.497 e. The van der Waals surface area contributed by atoms with E-state index in [1.165, 1.54) is 6.92 Å². The van der Waals surface area contributed by atoms with E-state index in [4.69, 9.17) is 4.74 Å². The Morgan fingerprint density at radius 2 is 1.81 bits per heavy atom. The molecule has 2 aromatic rings. The van der Waals surface area contributed by atoms with Gasteiger partial charge in [0.05, 0.1) is 12.6 Å². The average Bonchev–Trinajstić information content (AvgIpc) is 2.84. The van der Waals surface area contributed by atoms with Crippen molar-refractivity contribution in [3.63, 3.8) is 0 Å². The molecule has 2 aromatic carbocycles. The Balaban J connectivity index is 1.91. The van der Waals surface area contributed by atoms with E-state index >= 15 is 0 Å².